The van der Waals surface area contributed by atoms with Crippen molar-refractivity contribution in [3.05, 3.63) is 400 Å². The summed E-state index contributed by atoms with van der Waals surface area (Å²) in [5.74, 6) is 1.58. The molecule has 0 atom stereocenters. The molecule has 0 spiro atoms. The van der Waals surface area contributed by atoms with Gasteiger partial charge in [-0.2, -0.15) is 0 Å². The van der Waals surface area contributed by atoms with E-state index in [1.807, 2.05) is 0 Å². The topological polar surface area (TPSA) is 19.6 Å². The van der Waals surface area contributed by atoms with Gasteiger partial charge in [0.2, 0.25) is 0 Å². The SMILES string of the molecule is c1ccc(-c2cc(-c3ccccc3)c(N3c4cc(N5C6CC7CC(C6)CC5C7)ccc4B4c5ccc(-n6c7ccc(-c8ccccc8)cc7c7cc(-c8ccccc8)ccc76)cc5N(c5c(-c6ccccc6)cc(-c6ccccc6)cc5-c5ccccc5)c5cc(-n6c7ccccc7c7ccccc76)cc3c54)c(-c3ccccc3)c2)cc1. The van der Waals surface area contributed by atoms with Crippen LogP contribution in [0.4, 0.5) is 39.8 Å². The number of aromatic nitrogens is 2. The average Bonchev–Trinajstić information content (AvgIpc) is 1.47. The minimum absolute atomic E-state index is 0.274. The Labute approximate surface area is 682 Å². The van der Waals surface area contributed by atoms with Gasteiger partial charge in [0.15, 0.2) is 0 Å². The molecule has 2 aromatic heterocycles. The van der Waals surface area contributed by atoms with Gasteiger partial charge >= 0.3 is 0 Å². The molecule has 6 heteroatoms. The van der Waals surface area contributed by atoms with Crippen LogP contribution < -0.4 is 31.1 Å². The molecule has 4 fully saturated rings. The lowest BCUT2D eigenvalue weighted by molar-refractivity contribution is 0.0900. The van der Waals surface area contributed by atoms with E-state index < -0.39 is 0 Å². The zero-order chi connectivity index (χ0) is 76.8. The van der Waals surface area contributed by atoms with Crippen molar-refractivity contribution >= 4 is 107 Å². The molecule has 0 N–H and O–H groups in total. The Morgan fingerprint density at radius 1 is 0.214 bits per heavy atom. The highest BCUT2D eigenvalue weighted by molar-refractivity contribution is 7.00. The van der Waals surface area contributed by atoms with Gasteiger partial charge in [0.25, 0.3) is 6.71 Å². The Hall–Kier alpha value is -14.2. The summed E-state index contributed by atoms with van der Waals surface area (Å²) in [6, 6.07) is 153. The summed E-state index contributed by atoms with van der Waals surface area (Å²) in [4.78, 5) is 8.47. The average molecular weight is 1490 g/mol. The van der Waals surface area contributed by atoms with Crippen LogP contribution in [-0.2, 0) is 0 Å². The molecule has 552 valence electrons. The molecule has 2 aliphatic carbocycles. The summed E-state index contributed by atoms with van der Waals surface area (Å²) in [7, 11) is 0. The number of benzene rings is 17. The highest BCUT2D eigenvalue weighted by Crippen LogP contribution is 2.58. The van der Waals surface area contributed by atoms with Gasteiger partial charge in [-0.15, -0.1) is 0 Å². The minimum Gasteiger partial charge on any atom is -0.365 e. The molecule has 0 amide bonds. The molecule has 6 heterocycles. The van der Waals surface area contributed by atoms with E-state index >= 15 is 0 Å². The van der Waals surface area contributed by atoms with Crippen LogP contribution in [0.2, 0.25) is 0 Å². The summed E-state index contributed by atoms with van der Waals surface area (Å²) in [5, 5.41) is 4.82. The summed E-state index contributed by atoms with van der Waals surface area (Å²) < 4.78 is 5.15. The smallest absolute Gasteiger partial charge is 0.252 e. The zero-order valence-corrected chi connectivity index (χ0v) is 64.8. The minimum atomic E-state index is -0.274. The van der Waals surface area contributed by atoms with E-state index in [1.54, 1.807) is 0 Å². The van der Waals surface area contributed by atoms with Crippen molar-refractivity contribution < 1.29 is 0 Å². The molecular formula is C111H80BN5. The second-order valence-corrected chi connectivity index (χ2v) is 33.1. The van der Waals surface area contributed by atoms with Crippen LogP contribution >= 0.6 is 0 Å². The number of hydrogen-bond acceptors (Lipinski definition) is 3. The quantitative estimate of drug-likeness (QED) is 0.107. The summed E-state index contributed by atoms with van der Waals surface area (Å²) in [6.45, 7) is -0.274. The van der Waals surface area contributed by atoms with Gasteiger partial charge in [0.1, 0.15) is 0 Å². The van der Waals surface area contributed by atoms with Crippen molar-refractivity contribution in [2.75, 3.05) is 14.7 Å². The van der Waals surface area contributed by atoms with Crippen molar-refractivity contribution in [2.24, 2.45) is 11.8 Å². The van der Waals surface area contributed by atoms with Gasteiger partial charge in [0.05, 0.1) is 39.1 Å². The molecule has 0 unspecified atom stereocenters. The first-order valence-electron chi connectivity index (χ1n) is 41.7. The third kappa shape index (κ3) is 11.0. The van der Waals surface area contributed by atoms with E-state index in [1.165, 1.54) is 109 Å². The van der Waals surface area contributed by atoms with Crippen molar-refractivity contribution in [3.63, 3.8) is 0 Å². The van der Waals surface area contributed by atoms with E-state index in [0.717, 1.165) is 135 Å². The molecule has 2 saturated heterocycles. The standard InChI is InChI=1S/C111H80BN5/c1-9-29-74(30-10-1)82-49-55-103-97(62-82)98-63-83(75-31-11-2-12-32-75)50-56-104(98)114(103)87-52-54-100-106(69-87)117(111-95(80-41-21-7-22-42-80)66-85(77-35-15-4-16-36-77)67-96(111)81-43-23-8-24-44-81)108-71-90(115-101-47-27-25-45-91(101)92-46-26-28-48-102(92)115)70-107-109(108)112(100)99-53-51-86(113-88-58-72-57-73(60-88)61-89(113)59-72)68-105(99)116(107)110-93(78-37-17-5-18-38-78)64-84(76-33-13-3-14-34-76)65-94(110)79-39-19-6-20-40-79/h1-56,62-73,88-89H,57-61H2. The van der Waals surface area contributed by atoms with Gasteiger partial charge in [-0.3, -0.25) is 0 Å². The molecule has 25 rings (SSSR count). The third-order valence-electron chi connectivity index (χ3n) is 26.5. The van der Waals surface area contributed by atoms with Gasteiger partial charge < -0.3 is 23.8 Å². The molecule has 6 aliphatic rings. The normalized spacial score (nSPS) is 16.3. The fourth-order valence-corrected chi connectivity index (χ4v) is 21.6. The molecule has 0 radical (unpaired) electrons. The molecule has 2 saturated carbocycles. The maximum absolute atomic E-state index is 2.92. The second kappa shape index (κ2) is 27.3. The lowest BCUT2D eigenvalue weighted by Gasteiger charge is -2.57. The monoisotopic (exact) mass is 1490 g/mol. The number of piperidine rings is 2. The van der Waals surface area contributed by atoms with Crippen LogP contribution in [0.5, 0.6) is 0 Å². The van der Waals surface area contributed by atoms with Crippen LogP contribution in [0.15, 0.2) is 400 Å². The first kappa shape index (κ1) is 67.3. The predicted octanol–water partition coefficient (Wildman–Crippen LogP) is 27.1. The third-order valence-corrected chi connectivity index (χ3v) is 26.5. The van der Waals surface area contributed by atoms with Crippen LogP contribution in [0, 0.1) is 11.8 Å². The summed E-state index contributed by atoms with van der Waals surface area (Å²) >= 11 is 0. The van der Waals surface area contributed by atoms with Gasteiger partial charge in [0, 0.05) is 90.0 Å². The number of hydrogen-bond donors (Lipinski definition) is 0. The van der Waals surface area contributed by atoms with Crippen LogP contribution in [0.25, 0.3) is 144 Å². The van der Waals surface area contributed by atoms with Gasteiger partial charge in [-0.25, -0.2) is 0 Å². The maximum atomic E-state index is 2.92. The van der Waals surface area contributed by atoms with Gasteiger partial charge in [-0.05, 0) is 224 Å². The number of para-hydroxylation sites is 2. The van der Waals surface area contributed by atoms with Crippen LogP contribution in [0.3, 0.4) is 0 Å². The van der Waals surface area contributed by atoms with E-state index in [2.05, 4.69) is 424 Å². The van der Waals surface area contributed by atoms with Crippen molar-refractivity contribution in [1.82, 2.24) is 9.13 Å². The second-order valence-electron chi connectivity index (χ2n) is 33.1. The van der Waals surface area contributed by atoms with Crippen LogP contribution in [-0.4, -0.2) is 27.9 Å². The van der Waals surface area contributed by atoms with E-state index in [9.17, 15) is 0 Å². The molecule has 5 nitrogen and oxygen atoms in total. The Balaban J connectivity index is 0.874. The van der Waals surface area contributed by atoms with Crippen molar-refractivity contribution in [3.8, 4) is 100 Å². The highest BCUT2D eigenvalue weighted by Gasteiger charge is 2.50. The molecule has 117 heavy (non-hydrogen) atoms. The molecular weight excluding hydrogens is 1410 g/mol. The summed E-state index contributed by atoms with van der Waals surface area (Å²) in [5.41, 5.74) is 37.0. The fourth-order valence-electron chi connectivity index (χ4n) is 21.6. The number of nitrogens with zero attached hydrogens (tertiary/aromatic N) is 5. The number of rotatable bonds is 13. The lowest BCUT2D eigenvalue weighted by atomic mass is 9.33. The summed E-state index contributed by atoms with van der Waals surface area (Å²) in [6.07, 6.45) is 6.40. The van der Waals surface area contributed by atoms with Gasteiger partial charge in [-0.1, -0.05) is 303 Å². The Kier molecular flexibility index (Phi) is 15.7. The number of fused-ring (bicyclic) bond motifs is 10. The Bertz CT molecular complexity index is 6820. The predicted molar refractivity (Wildman–Crippen MR) is 493 cm³/mol. The first-order chi connectivity index (χ1) is 58.0. The van der Waals surface area contributed by atoms with Crippen molar-refractivity contribution in [2.45, 2.75) is 44.2 Å². The molecule has 17 aromatic carbocycles. The van der Waals surface area contributed by atoms with E-state index in [0.29, 0.717) is 12.1 Å². The maximum Gasteiger partial charge on any atom is 0.252 e. The van der Waals surface area contributed by atoms with E-state index in [-0.39, 0.29) is 6.71 Å². The van der Waals surface area contributed by atoms with E-state index in [4.69, 9.17) is 0 Å². The first-order valence-corrected chi connectivity index (χ1v) is 41.7. The molecule has 4 bridgehead atoms. The van der Waals surface area contributed by atoms with Crippen molar-refractivity contribution in [1.29, 1.82) is 0 Å². The zero-order valence-electron chi connectivity index (χ0n) is 64.8. The largest absolute Gasteiger partial charge is 0.365 e. The Morgan fingerprint density at radius 3 is 0.906 bits per heavy atom. The molecule has 4 aliphatic heterocycles. The highest BCUT2D eigenvalue weighted by atomic mass is 15.2. The number of anilines is 7. The fraction of sp³-hybridized carbons (Fsp3) is 0.0811. The molecule has 19 aromatic rings. The lowest BCUT2D eigenvalue weighted by Crippen LogP contribution is -2.62. The Morgan fingerprint density at radius 2 is 0.521 bits per heavy atom. The van der Waals surface area contributed by atoms with Crippen LogP contribution in [0.1, 0.15) is 32.1 Å².